The Hall–Kier alpha value is 0.130. The Kier molecular flexibility index (Phi) is 5.86. The van der Waals surface area contributed by atoms with E-state index in [0.29, 0.717) is 11.4 Å². The van der Waals surface area contributed by atoms with E-state index in [4.69, 9.17) is 4.74 Å². The number of nitrogens with zero attached hydrogens (tertiary/aromatic N) is 2. The van der Waals surface area contributed by atoms with Crippen molar-refractivity contribution >= 4 is 31.9 Å². The van der Waals surface area contributed by atoms with Crippen molar-refractivity contribution in [3.05, 3.63) is 16.4 Å². The molecule has 1 unspecified atom stereocenters. The number of rotatable bonds is 6. The van der Waals surface area contributed by atoms with Crippen molar-refractivity contribution in [2.24, 2.45) is 0 Å². The van der Waals surface area contributed by atoms with E-state index < -0.39 is 0 Å². The van der Waals surface area contributed by atoms with Crippen molar-refractivity contribution in [3.63, 3.8) is 0 Å². The van der Waals surface area contributed by atoms with Gasteiger partial charge in [0, 0.05) is 11.9 Å². The van der Waals surface area contributed by atoms with Crippen LogP contribution in [0.25, 0.3) is 0 Å². The van der Waals surface area contributed by atoms with Crippen LogP contribution < -0.4 is 0 Å². The molecule has 15 heavy (non-hydrogen) atoms. The quantitative estimate of drug-likeness (QED) is 0.745. The first-order valence-electron chi connectivity index (χ1n) is 4.98. The molecule has 0 radical (unpaired) electrons. The largest absolute Gasteiger partial charge is 0.383 e. The van der Waals surface area contributed by atoms with Crippen molar-refractivity contribution in [2.45, 2.75) is 31.1 Å². The Labute approximate surface area is 107 Å². The van der Waals surface area contributed by atoms with Crippen LogP contribution >= 0.6 is 31.9 Å². The normalized spacial score (nSPS) is 13.1. The van der Waals surface area contributed by atoms with Gasteiger partial charge in [-0.2, -0.15) is 5.10 Å². The number of methoxy groups -OCH3 is 1. The summed E-state index contributed by atoms with van der Waals surface area (Å²) >= 11 is 7.07. The number of alkyl halides is 1. The van der Waals surface area contributed by atoms with E-state index in [1.165, 1.54) is 5.69 Å². The zero-order chi connectivity index (χ0) is 11.3. The molecule has 1 aromatic rings. The highest BCUT2D eigenvalue weighted by Crippen LogP contribution is 2.19. The van der Waals surface area contributed by atoms with Gasteiger partial charge >= 0.3 is 0 Å². The van der Waals surface area contributed by atoms with Crippen LogP contribution in [0.4, 0.5) is 0 Å². The Morgan fingerprint density at radius 2 is 2.33 bits per heavy atom. The third-order valence-electron chi connectivity index (χ3n) is 2.18. The average molecular weight is 340 g/mol. The summed E-state index contributed by atoms with van der Waals surface area (Å²) in [6.07, 6.45) is 3.98. The van der Waals surface area contributed by atoms with E-state index in [1.54, 1.807) is 7.11 Å². The van der Waals surface area contributed by atoms with Gasteiger partial charge in [-0.15, -0.1) is 0 Å². The average Bonchev–Trinajstić information content (AvgIpc) is 2.53. The van der Waals surface area contributed by atoms with Crippen LogP contribution in [0, 0.1) is 0 Å². The first-order valence-corrected chi connectivity index (χ1v) is 6.69. The minimum atomic E-state index is 0.537. The molecule has 1 heterocycles. The fourth-order valence-electron chi connectivity index (χ4n) is 1.34. The summed E-state index contributed by atoms with van der Waals surface area (Å²) in [7, 11) is 1.71. The molecule has 3 nitrogen and oxygen atoms in total. The molecule has 0 saturated carbocycles. The predicted octanol–water partition coefficient (Wildman–Crippen LogP) is 3.01. The van der Waals surface area contributed by atoms with E-state index in [-0.39, 0.29) is 0 Å². The minimum absolute atomic E-state index is 0.537. The van der Waals surface area contributed by atoms with Gasteiger partial charge in [0.1, 0.15) is 0 Å². The summed E-state index contributed by atoms with van der Waals surface area (Å²) in [5.74, 6) is 0. The van der Waals surface area contributed by atoms with E-state index >= 15 is 0 Å². The van der Waals surface area contributed by atoms with Crippen LogP contribution in [0.15, 0.2) is 10.7 Å². The van der Waals surface area contributed by atoms with Crippen LogP contribution in [0.1, 0.15) is 19.0 Å². The molecule has 5 heteroatoms. The summed E-state index contributed by atoms with van der Waals surface area (Å²) in [5, 5.41) is 4.31. The molecule has 0 aromatic carbocycles. The van der Waals surface area contributed by atoms with Gasteiger partial charge < -0.3 is 4.74 Å². The van der Waals surface area contributed by atoms with Crippen LogP contribution in [0.3, 0.4) is 0 Å². The summed E-state index contributed by atoms with van der Waals surface area (Å²) in [6.45, 7) is 3.67. The smallest absolute Gasteiger partial charge is 0.0658 e. The number of hydrogen-bond acceptors (Lipinski definition) is 2. The summed E-state index contributed by atoms with van der Waals surface area (Å²) < 4.78 is 8.14. The van der Waals surface area contributed by atoms with Crippen LogP contribution in [0.5, 0.6) is 0 Å². The second-order valence-corrected chi connectivity index (χ2v) is 5.89. The maximum Gasteiger partial charge on any atom is 0.0658 e. The number of ether oxygens (including phenoxy) is 1. The van der Waals surface area contributed by atoms with Gasteiger partial charge in [0.2, 0.25) is 0 Å². The Balaban J connectivity index is 2.62. The highest BCUT2D eigenvalue weighted by molar-refractivity contribution is 9.10. The van der Waals surface area contributed by atoms with Gasteiger partial charge in [0.25, 0.3) is 0 Å². The zero-order valence-corrected chi connectivity index (χ0v) is 12.2. The molecule has 0 fully saturated rings. The predicted molar refractivity (Wildman–Crippen MR) is 68.5 cm³/mol. The van der Waals surface area contributed by atoms with E-state index in [9.17, 15) is 0 Å². The molecule has 1 atom stereocenters. The van der Waals surface area contributed by atoms with Gasteiger partial charge in [-0.25, -0.2) is 0 Å². The molecule has 0 saturated heterocycles. The Morgan fingerprint density at radius 1 is 1.60 bits per heavy atom. The lowest BCUT2D eigenvalue weighted by molar-refractivity contribution is 0.182. The van der Waals surface area contributed by atoms with Gasteiger partial charge in [0.05, 0.1) is 29.5 Å². The first-order chi connectivity index (χ1) is 7.15. The zero-order valence-electron chi connectivity index (χ0n) is 9.04. The molecule has 1 aromatic heterocycles. The number of hydrogen-bond donors (Lipinski definition) is 0. The number of aromatic nitrogens is 2. The molecule has 0 spiro atoms. The standard InChI is InChI=1S/C10H16Br2N2O/c1-8(11)3-4-10-9(12)7-13-14(10)5-6-15-2/h7-8H,3-6H2,1-2H3. The molecule has 86 valence electrons. The monoisotopic (exact) mass is 338 g/mol. The van der Waals surface area contributed by atoms with E-state index in [1.807, 2.05) is 10.9 Å². The van der Waals surface area contributed by atoms with Crippen molar-refractivity contribution in [1.29, 1.82) is 0 Å². The maximum absolute atomic E-state index is 5.05. The van der Waals surface area contributed by atoms with Gasteiger partial charge in [0.15, 0.2) is 0 Å². The topological polar surface area (TPSA) is 27.1 Å². The highest BCUT2D eigenvalue weighted by Gasteiger charge is 2.09. The summed E-state index contributed by atoms with van der Waals surface area (Å²) in [4.78, 5) is 0.537. The Morgan fingerprint density at radius 3 is 2.93 bits per heavy atom. The van der Waals surface area contributed by atoms with Gasteiger partial charge in [-0.05, 0) is 28.8 Å². The molecule has 0 aliphatic rings. The fraction of sp³-hybridized carbons (Fsp3) is 0.700. The molecule has 0 bridgehead atoms. The van der Waals surface area contributed by atoms with Crippen molar-refractivity contribution < 1.29 is 4.74 Å². The van der Waals surface area contributed by atoms with Crippen LogP contribution in [0.2, 0.25) is 0 Å². The molecule has 1 rings (SSSR count). The van der Waals surface area contributed by atoms with E-state index in [2.05, 4.69) is 43.9 Å². The molecule has 0 aliphatic carbocycles. The second kappa shape index (κ2) is 6.66. The lowest BCUT2D eigenvalue weighted by Gasteiger charge is -2.08. The fourth-order valence-corrected chi connectivity index (χ4v) is 2.07. The SMILES string of the molecule is COCCn1ncc(Br)c1CCC(C)Br. The Bertz CT molecular complexity index is 300. The molecular formula is C10H16Br2N2O. The van der Waals surface area contributed by atoms with Crippen molar-refractivity contribution in [3.8, 4) is 0 Å². The second-order valence-electron chi connectivity index (χ2n) is 3.47. The number of halogens is 2. The summed E-state index contributed by atoms with van der Waals surface area (Å²) in [6, 6.07) is 0. The molecule has 0 aliphatic heterocycles. The first kappa shape index (κ1) is 13.2. The van der Waals surface area contributed by atoms with Gasteiger partial charge in [-0.3, -0.25) is 4.68 Å². The lowest BCUT2D eigenvalue weighted by atomic mass is 10.2. The molecule has 0 amide bonds. The highest BCUT2D eigenvalue weighted by atomic mass is 79.9. The third kappa shape index (κ3) is 4.25. The maximum atomic E-state index is 5.05. The van der Waals surface area contributed by atoms with Crippen LogP contribution in [-0.4, -0.2) is 28.3 Å². The van der Waals surface area contributed by atoms with Crippen molar-refractivity contribution in [2.75, 3.05) is 13.7 Å². The molecular weight excluding hydrogens is 324 g/mol. The van der Waals surface area contributed by atoms with Gasteiger partial charge in [-0.1, -0.05) is 22.9 Å². The van der Waals surface area contributed by atoms with E-state index in [0.717, 1.165) is 23.9 Å². The van der Waals surface area contributed by atoms with Crippen LogP contribution in [-0.2, 0) is 17.7 Å². The lowest BCUT2D eigenvalue weighted by Crippen LogP contribution is -2.10. The molecule has 0 N–H and O–H groups in total. The summed E-state index contributed by atoms with van der Waals surface area (Å²) in [5.41, 5.74) is 1.25. The minimum Gasteiger partial charge on any atom is -0.383 e. The third-order valence-corrected chi connectivity index (χ3v) is 3.30. The van der Waals surface area contributed by atoms with Crippen molar-refractivity contribution in [1.82, 2.24) is 9.78 Å².